The van der Waals surface area contributed by atoms with Gasteiger partial charge in [0.15, 0.2) is 0 Å². The average Bonchev–Trinajstić information content (AvgIpc) is 3.17. The first kappa shape index (κ1) is 37.4. The Bertz CT molecular complexity index is 2390. The van der Waals surface area contributed by atoms with E-state index >= 15 is 0 Å². The average molecular weight is 757 g/mol. The summed E-state index contributed by atoms with van der Waals surface area (Å²) in [6.07, 6.45) is 1.53. The van der Waals surface area contributed by atoms with Gasteiger partial charge in [-0.15, -0.1) is 0 Å². The van der Waals surface area contributed by atoms with Gasteiger partial charge in [-0.25, -0.2) is 0 Å². The number of fused-ring (bicyclic) bond motifs is 4. The Kier molecular flexibility index (Phi) is 9.49. The Labute approximate surface area is 325 Å². The van der Waals surface area contributed by atoms with Gasteiger partial charge >= 0.3 is 0 Å². The number of aromatic hydroxyl groups is 4. The number of nitrogens with one attached hydrogen (secondary N) is 2. The Hall–Kier alpha value is -5.52. The zero-order valence-corrected chi connectivity index (χ0v) is 32.4. The summed E-state index contributed by atoms with van der Waals surface area (Å²) in [5.41, 5.74) is 7.51. The van der Waals surface area contributed by atoms with E-state index in [1.54, 1.807) is 36.4 Å². The van der Waals surface area contributed by atoms with Crippen molar-refractivity contribution in [2.45, 2.75) is 77.9 Å². The van der Waals surface area contributed by atoms with Crippen LogP contribution < -0.4 is 20.1 Å². The normalized spacial score (nSPS) is 19.2. The molecule has 0 aromatic heterocycles. The molecule has 0 saturated carbocycles. The SMILES string of the molecule is COc1cc(CO)c(-c2ccc3c(c2O)[C@@H](C)N[C@H](C)C3)c2ccc(-c3ccc4c(-c5ccc6c(c5O)[C@@H](C)N[C@H](C)C6)c(CO)cc(OC)c4c3O)c(O)c12. The zero-order chi connectivity index (χ0) is 39.7. The van der Waals surface area contributed by atoms with Crippen molar-refractivity contribution in [3.05, 3.63) is 94.0 Å². The molecule has 0 fully saturated rings. The Morgan fingerprint density at radius 2 is 0.911 bits per heavy atom. The number of hydrogen-bond acceptors (Lipinski definition) is 10. The minimum atomic E-state index is -0.344. The highest BCUT2D eigenvalue weighted by Crippen LogP contribution is 2.53. The van der Waals surface area contributed by atoms with Crippen molar-refractivity contribution >= 4 is 21.5 Å². The minimum absolute atomic E-state index is 0.0989. The minimum Gasteiger partial charge on any atom is -0.507 e. The van der Waals surface area contributed by atoms with Crippen LogP contribution in [0.5, 0.6) is 34.5 Å². The molecule has 0 unspecified atom stereocenters. The summed E-state index contributed by atoms with van der Waals surface area (Å²) in [4.78, 5) is 0. The van der Waals surface area contributed by atoms with Gasteiger partial charge in [-0.1, -0.05) is 36.4 Å². The van der Waals surface area contributed by atoms with Gasteiger partial charge < -0.3 is 50.7 Å². The van der Waals surface area contributed by atoms with E-state index in [0.717, 1.165) is 35.1 Å². The maximum atomic E-state index is 12.2. The molecule has 56 heavy (non-hydrogen) atoms. The van der Waals surface area contributed by atoms with Crippen LogP contribution in [-0.2, 0) is 26.1 Å². The lowest BCUT2D eigenvalue weighted by atomic mass is 9.84. The topological polar surface area (TPSA) is 164 Å². The van der Waals surface area contributed by atoms with Crippen LogP contribution >= 0.6 is 0 Å². The smallest absolute Gasteiger partial charge is 0.135 e. The van der Waals surface area contributed by atoms with Crippen molar-refractivity contribution in [3.63, 3.8) is 0 Å². The highest BCUT2D eigenvalue weighted by atomic mass is 16.5. The molecule has 2 aliphatic rings. The van der Waals surface area contributed by atoms with E-state index in [-0.39, 0.29) is 60.4 Å². The fourth-order valence-electron chi connectivity index (χ4n) is 9.51. The Balaban J connectivity index is 1.35. The van der Waals surface area contributed by atoms with Gasteiger partial charge in [0.1, 0.15) is 34.5 Å². The lowest BCUT2D eigenvalue weighted by Crippen LogP contribution is -2.36. The molecule has 0 saturated heterocycles. The molecule has 8 rings (SSSR count). The molecule has 6 aromatic rings. The quantitative estimate of drug-likeness (QED) is 0.0801. The highest BCUT2D eigenvalue weighted by molar-refractivity contribution is 6.12. The molecule has 4 atom stereocenters. The predicted octanol–water partition coefficient (Wildman–Crippen LogP) is 8.01. The molecule has 2 heterocycles. The second-order valence-corrected chi connectivity index (χ2v) is 15.4. The number of hydrogen-bond donors (Lipinski definition) is 8. The number of aliphatic hydroxyl groups excluding tert-OH is 2. The van der Waals surface area contributed by atoms with Gasteiger partial charge in [-0.2, -0.15) is 0 Å². The molecule has 8 N–H and O–H groups in total. The van der Waals surface area contributed by atoms with Gasteiger partial charge in [0.2, 0.25) is 0 Å². The monoisotopic (exact) mass is 756 g/mol. The van der Waals surface area contributed by atoms with Crippen LogP contribution in [0.25, 0.3) is 54.9 Å². The molecule has 6 aromatic carbocycles. The van der Waals surface area contributed by atoms with Crippen LogP contribution in [0.1, 0.15) is 73.2 Å². The first-order valence-corrected chi connectivity index (χ1v) is 19.1. The summed E-state index contributed by atoms with van der Waals surface area (Å²) >= 11 is 0. The van der Waals surface area contributed by atoms with E-state index in [1.165, 1.54) is 14.2 Å². The van der Waals surface area contributed by atoms with E-state index in [4.69, 9.17) is 9.47 Å². The third kappa shape index (κ3) is 5.70. The fraction of sp³-hybridized carbons (Fsp3) is 0.304. The van der Waals surface area contributed by atoms with E-state index < -0.39 is 0 Å². The third-order valence-corrected chi connectivity index (χ3v) is 11.9. The van der Waals surface area contributed by atoms with Crippen molar-refractivity contribution in [3.8, 4) is 67.9 Å². The van der Waals surface area contributed by atoms with Crippen molar-refractivity contribution in [2.24, 2.45) is 0 Å². The van der Waals surface area contributed by atoms with Gasteiger partial charge in [-0.05, 0) is 109 Å². The number of aliphatic hydroxyl groups is 2. The summed E-state index contributed by atoms with van der Waals surface area (Å²) in [5, 5.41) is 77.9. The Morgan fingerprint density at radius 1 is 0.536 bits per heavy atom. The molecular formula is C46H48N2O8. The number of phenolic OH excluding ortho intramolecular Hbond substituents is 4. The molecular weight excluding hydrogens is 709 g/mol. The number of benzene rings is 6. The molecule has 0 amide bonds. The molecule has 2 aliphatic heterocycles. The first-order chi connectivity index (χ1) is 26.9. The first-order valence-electron chi connectivity index (χ1n) is 19.1. The largest absolute Gasteiger partial charge is 0.507 e. The number of ether oxygens (including phenoxy) is 2. The summed E-state index contributed by atoms with van der Waals surface area (Å²) in [6, 6.07) is 18.4. The number of rotatable bonds is 7. The van der Waals surface area contributed by atoms with Gasteiger partial charge in [0.25, 0.3) is 0 Å². The lowest BCUT2D eigenvalue weighted by molar-refractivity contribution is 0.281. The molecule has 290 valence electrons. The van der Waals surface area contributed by atoms with E-state index in [1.807, 2.05) is 38.1 Å². The molecule has 0 aliphatic carbocycles. The zero-order valence-electron chi connectivity index (χ0n) is 32.4. The highest BCUT2D eigenvalue weighted by Gasteiger charge is 2.30. The summed E-state index contributed by atoms with van der Waals surface area (Å²) in [7, 11) is 2.97. The van der Waals surface area contributed by atoms with Crippen molar-refractivity contribution in [2.75, 3.05) is 14.2 Å². The van der Waals surface area contributed by atoms with Crippen LogP contribution in [0.2, 0.25) is 0 Å². The second-order valence-electron chi connectivity index (χ2n) is 15.4. The van der Waals surface area contributed by atoms with Gasteiger partial charge in [0.05, 0.1) is 38.2 Å². The van der Waals surface area contributed by atoms with E-state index in [9.17, 15) is 30.6 Å². The lowest BCUT2D eigenvalue weighted by Gasteiger charge is -2.31. The van der Waals surface area contributed by atoms with E-state index in [2.05, 4.69) is 24.5 Å². The third-order valence-electron chi connectivity index (χ3n) is 11.9. The van der Waals surface area contributed by atoms with Gasteiger partial charge in [0, 0.05) is 57.5 Å². The molecule has 0 spiro atoms. The molecule has 0 radical (unpaired) electrons. The van der Waals surface area contributed by atoms with Crippen LogP contribution in [0.15, 0.2) is 60.7 Å². The maximum absolute atomic E-state index is 12.2. The van der Waals surface area contributed by atoms with Crippen molar-refractivity contribution < 1.29 is 40.1 Å². The summed E-state index contributed by atoms with van der Waals surface area (Å²) in [6.45, 7) is 7.56. The van der Waals surface area contributed by atoms with Crippen molar-refractivity contribution in [1.82, 2.24) is 10.6 Å². The molecule has 10 heteroatoms. The molecule has 10 nitrogen and oxygen atoms in total. The van der Waals surface area contributed by atoms with Crippen LogP contribution in [0, 0.1) is 0 Å². The number of methoxy groups -OCH3 is 2. The molecule has 0 bridgehead atoms. The van der Waals surface area contributed by atoms with Crippen LogP contribution in [-0.4, -0.2) is 56.9 Å². The van der Waals surface area contributed by atoms with Gasteiger partial charge in [-0.3, -0.25) is 0 Å². The standard InChI is InChI=1S/C46H48N2O8/c1-21-15-25-7-9-33(45(53)37(25)23(3)47-21)39-27(19-49)17-35(55-5)41-31(39)13-11-29(43(41)51)30-12-14-32-40(28(20-50)18-36(56-6)42(32)44(30)52)34-10-8-26-16-22(2)48-24(4)38(26)46(34)54/h7-14,17-18,21-24,47-54H,15-16,19-20H2,1-6H3/t21-,22-,23-,24-/m1/s1. The summed E-state index contributed by atoms with van der Waals surface area (Å²) in [5.74, 6) is 0.498. The van der Waals surface area contributed by atoms with E-state index in [0.29, 0.717) is 77.6 Å². The fourth-order valence-corrected chi connectivity index (χ4v) is 9.51. The van der Waals surface area contributed by atoms with Crippen LogP contribution in [0.3, 0.4) is 0 Å². The second kappa shape index (κ2) is 14.2. The predicted molar refractivity (Wildman–Crippen MR) is 219 cm³/mol. The van der Waals surface area contributed by atoms with Crippen LogP contribution in [0.4, 0.5) is 0 Å². The Morgan fingerprint density at radius 3 is 1.27 bits per heavy atom. The maximum Gasteiger partial charge on any atom is 0.135 e. The van der Waals surface area contributed by atoms with Crippen molar-refractivity contribution in [1.29, 1.82) is 0 Å². The summed E-state index contributed by atoms with van der Waals surface area (Å²) < 4.78 is 11.6. The number of phenols is 4.